The number of nitrogens with zero attached hydrogens (tertiary/aromatic N) is 4. The van der Waals surface area contributed by atoms with E-state index in [-0.39, 0.29) is 25.1 Å². The van der Waals surface area contributed by atoms with E-state index in [2.05, 4.69) is 19.8 Å². The number of rotatable bonds is 8. The highest BCUT2D eigenvalue weighted by molar-refractivity contribution is 6.30. The SMILES string of the molecule is Cl.OC(COC(c1ccc(Cl)cc1)c1ccc(Cl)cc1)CN1CCN(c2ncccn2)CC1. The van der Waals surface area contributed by atoms with Gasteiger partial charge in [-0.1, -0.05) is 47.5 Å². The van der Waals surface area contributed by atoms with Crippen LogP contribution < -0.4 is 4.90 Å². The van der Waals surface area contributed by atoms with Crippen molar-refractivity contribution in [1.82, 2.24) is 14.9 Å². The number of β-amino-alcohol motifs (C(OH)–C–C–N with tert-alkyl or cyclic N) is 1. The highest BCUT2D eigenvalue weighted by Gasteiger charge is 2.22. The van der Waals surface area contributed by atoms with Gasteiger partial charge in [0.25, 0.3) is 0 Å². The van der Waals surface area contributed by atoms with Crippen LogP contribution in [0.25, 0.3) is 0 Å². The van der Waals surface area contributed by atoms with E-state index >= 15 is 0 Å². The molecular weight excluding hydrogens is 483 g/mol. The maximum Gasteiger partial charge on any atom is 0.225 e. The Balaban J connectivity index is 0.00000306. The number of hydrogen-bond acceptors (Lipinski definition) is 6. The number of hydrogen-bond donors (Lipinski definition) is 1. The van der Waals surface area contributed by atoms with Gasteiger partial charge in [-0.25, -0.2) is 9.97 Å². The van der Waals surface area contributed by atoms with Crippen molar-refractivity contribution < 1.29 is 9.84 Å². The predicted octanol–water partition coefficient (Wildman–Crippen LogP) is 4.49. The molecule has 0 bridgehead atoms. The standard InChI is InChI=1S/C24H26Cl2N4O2.ClH/c25-20-6-2-18(3-7-20)23(19-4-8-21(26)9-5-19)32-17-22(31)16-29-12-14-30(15-13-29)24-27-10-1-11-28-24;/h1-11,22-23,31H,12-17H2;1H. The fourth-order valence-corrected chi connectivity index (χ4v) is 4.06. The molecule has 0 aliphatic carbocycles. The summed E-state index contributed by atoms with van der Waals surface area (Å²) < 4.78 is 6.19. The summed E-state index contributed by atoms with van der Waals surface area (Å²) in [6.45, 7) is 4.11. The van der Waals surface area contributed by atoms with Gasteiger partial charge in [0.2, 0.25) is 5.95 Å². The first kappa shape index (κ1) is 25.7. The number of halogens is 3. The van der Waals surface area contributed by atoms with Crippen molar-refractivity contribution in [3.63, 3.8) is 0 Å². The number of piperazine rings is 1. The molecule has 0 radical (unpaired) electrons. The molecule has 2 heterocycles. The largest absolute Gasteiger partial charge is 0.389 e. The molecule has 1 fully saturated rings. The van der Waals surface area contributed by atoms with E-state index in [1.807, 2.05) is 54.6 Å². The second kappa shape index (κ2) is 12.5. The predicted molar refractivity (Wildman–Crippen MR) is 135 cm³/mol. The molecule has 1 saturated heterocycles. The number of aromatic nitrogens is 2. The van der Waals surface area contributed by atoms with Crippen LogP contribution in [-0.4, -0.2) is 65.4 Å². The minimum Gasteiger partial charge on any atom is -0.389 e. The van der Waals surface area contributed by atoms with Gasteiger partial charge in [-0.2, -0.15) is 0 Å². The summed E-state index contributed by atoms with van der Waals surface area (Å²) in [5, 5.41) is 12.0. The van der Waals surface area contributed by atoms with Gasteiger partial charge < -0.3 is 14.7 Å². The molecule has 33 heavy (non-hydrogen) atoms. The number of anilines is 1. The summed E-state index contributed by atoms with van der Waals surface area (Å²) in [5.41, 5.74) is 1.95. The topological polar surface area (TPSA) is 61.7 Å². The van der Waals surface area contributed by atoms with Crippen LogP contribution in [0.4, 0.5) is 5.95 Å². The van der Waals surface area contributed by atoms with E-state index in [0.29, 0.717) is 16.6 Å². The van der Waals surface area contributed by atoms with Crippen LogP contribution in [0.1, 0.15) is 17.2 Å². The summed E-state index contributed by atoms with van der Waals surface area (Å²) in [5.74, 6) is 0.754. The van der Waals surface area contributed by atoms with E-state index < -0.39 is 6.10 Å². The van der Waals surface area contributed by atoms with Crippen molar-refractivity contribution in [1.29, 1.82) is 0 Å². The number of aliphatic hydroxyl groups excluding tert-OH is 1. The van der Waals surface area contributed by atoms with Crippen molar-refractivity contribution in [2.24, 2.45) is 0 Å². The third-order valence-corrected chi connectivity index (χ3v) is 5.98. The zero-order chi connectivity index (χ0) is 22.3. The lowest BCUT2D eigenvalue weighted by molar-refractivity contribution is -0.00896. The van der Waals surface area contributed by atoms with Crippen LogP contribution in [0, 0.1) is 0 Å². The molecule has 1 aromatic heterocycles. The monoisotopic (exact) mass is 508 g/mol. The first-order valence-corrected chi connectivity index (χ1v) is 11.4. The number of ether oxygens (including phenoxy) is 1. The minimum atomic E-state index is -0.600. The summed E-state index contributed by atoms with van der Waals surface area (Å²) >= 11 is 12.1. The zero-order valence-electron chi connectivity index (χ0n) is 18.1. The molecular formula is C24H27Cl3N4O2. The maximum absolute atomic E-state index is 10.7. The smallest absolute Gasteiger partial charge is 0.225 e. The highest BCUT2D eigenvalue weighted by atomic mass is 35.5. The van der Waals surface area contributed by atoms with Gasteiger partial charge in [0.1, 0.15) is 6.10 Å². The Hall–Kier alpha value is -1.93. The van der Waals surface area contributed by atoms with E-state index in [4.69, 9.17) is 27.9 Å². The Morgan fingerprint density at radius 1 is 0.848 bits per heavy atom. The summed E-state index contributed by atoms with van der Waals surface area (Å²) in [4.78, 5) is 13.0. The molecule has 1 atom stereocenters. The van der Waals surface area contributed by atoms with Crippen LogP contribution in [0.3, 0.4) is 0 Å². The molecule has 1 unspecified atom stereocenters. The zero-order valence-corrected chi connectivity index (χ0v) is 20.4. The van der Waals surface area contributed by atoms with E-state index in [0.717, 1.165) is 43.3 Å². The van der Waals surface area contributed by atoms with Crippen molar-refractivity contribution in [2.45, 2.75) is 12.2 Å². The Morgan fingerprint density at radius 3 is 1.88 bits per heavy atom. The normalized spacial score (nSPS) is 15.3. The molecule has 0 saturated carbocycles. The molecule has 0 spiro atoms. The van der Waals surface area contributed by atoms with E-state index in [9.17, 15) is 5.11 Å². The number of aliphatic hydroxyl groups is 1. The minimum absolute atomic E-state index is 0. The fourth-order valence-electron chi connectivity index (χ4n) is 3.80. The van der Waals surface area contributed by atoms with Crippen LogP contribution in [0.2, 0.25) is 10.0 Å². The molecule has 2 aromatic carbocycles. The molecule has 176 valence electrons. The molecule has 1 N–H and O–H groups in total. The van der Waals surface area contributed by atoms with Crippen LogP contribution >= 0.6 is 35.6 Å². The van der Waals surface area contributed by atoms with Crippen LogP contribution in [-0.2, 0) is 4.74 Å². The summed E-state index contributed by atoms with van der Waals surface area (Å²) in [6, 6.07) is 17.0. The van der Waals surface area contributed by atoms with Gasteiger partial charge in [0, 0.05) is 55.2 Å². The average Bonchev–Trinajstić information content (AvgIpc) is 2.82. The van der Waals surface area contributed by atoms with Crippen LogP contribution in [0.15, 0.2) is 67.0 Å². The van der Waals surface area contributed by atoms with Gasteiger partial charge >= 0.3 is 0 Å². The lowest BCUT2D eigenvalue weighted by atomic mass is 10.0. The van der Waals surface area contributed by atoms with E-state index in [1.165, 1.54) is 0 Å². The second-order valence-corrected chi connectivity index (χ2v) is 8.68. The Kier molecular flexibility index (Phi) is 9.74. The van der Waals surface area contributed by atoms with Gasteiger partial charge in [0.15, 0.2) is 0 Å². The van der Waals surface area contributed by atoms with Gasteiger partial charge in [-0.05, 0) is 41.5 Å². The Morgan fingerprint density at radius 2 is 1.36 bits per heavy atom. The summed E-state index contributed by atoms with van der Waals surface area (Å²) in [7, 11) is 0. The first-order chi connectivity index (χ1) is 15.6. The lowest BCUT2D eigenvalue weighted by Gasteiger charge is -2.35. The van der Waals surface area contributed by atoms with Gasteiger partial charge in [-0.15, -0.1) is 12.4 Å². The lowest BCUT2D eigenvalue weighted by Crippen LogP contribution is -2.49. The molecule has 4 rings (SSSR count). The van der Waals surface area contributed by atoms with Crippen molar-refractivity contribution in [2.75, 3.05) is 44.2 Å². The fraction of sp³-hybridized carbons (Fsp3) is 0.333. The molecule has 0 amide bonds. The quantitative estimate of drug-likeness (QED) is 0.483. The Labute approximate surface area is 210 Å². The first-order valence-electron chi connectivity index (χ1n) is 10.6. The second-order valence-electron chi connectivity index (χ2n) is 7.81. The van der Waals surface area contributed by atoms with Crippen molar-refractivity contribution in [3.05, 3.63) is 88.2 Å². The molecule has 3 aromatic rings. The van der Waals surface area contributed by atoms with Gasteiger partial charge in [0.05, 0.1) is 12.7 Å². The Bertz CT molecular complexity index is 924. The molecule has 9 heteroatoms. The van der Waals surface area contributed by atoms with E-state index in [1.54, 1.807) is 12.4 Å². The molecule has 1 aliphatic heterocycles. The third kappa shape index (κ3) is 7.27. The van der Waals surface area contributed by atoms with Crippen molar-refractivity contribution >= 4 is 41.6 Å². The number of benzene rings is 2. The third-order valence-electron chi connectivity index (χ3n) is 5.48. The maximum atomic E-state index is 10.7. The van der Waals surface area contributed by atoms with Crippen LogP contribution in [0.5, 0.6) is 0 Å². The molecule has 1 aliphatic rings. The molecule has 6 nitrogen and oxygen atoms in total. The van der Waals surface area contributed by atoms with Crippen molar-refractivity contribution in [3.8, 4) is 0 Å². The average molecular weight is 510 g/mol. The highest BCUT2D eigenvalue weighted by Crippen LogP contribution is 2.28. The summed E-state index contributed by atoms with van der Waals surface area (Å²) in [6.07, 6.45) is 2.60. The van der Waals surface area contributed by atoms with Gasteiger partial charge in [-0.3, -0.25) is 4.90 Å².